The van der Waals surface area contributed by atoms with Gasteiger partial charge in [0.1, 0.15) is 6.04 Å². The third-order valence-corrected chi connectivity index (χ3v) is 3.78. The molecule has 2 aromatic rings. The summed E-state index contributed by atoms with van der Waals surface area (Å²) in [4.78, 5) is 27.2. The number of nitriles is 1. The molecular weight excluding hydrogens is 300 g/mol. The fraction of sp³-hybridized carbons (Fsp3) is 0.333. The number of hydrogen-bond acceptors (Lipinski definition) is 4. The van der Waals surface area contributed by atoms with Crippen LogP contribution in [-0.2, 0) is 7.05 Å². The van der Waals surface area contributed by atoms with Crippen molar-refractivity contribution in [2.45, 2.75) is 25.8 Å². The molecule has 0 unspecified atom stereocenters. The van der Waals surface area contributed by atoms with E-state index in [-0.39, 0.29) is 16.2 Å². The van der Waals surface area contributed by atoms with Crippen LogP contribution in [0, 0.1) is 16.1 Å². The normalized spacial score (nSPS) is 11.9. The van der Waals surface area contributed by atoms with E-state index in [0.29, 0.717) is 22.9 Å². The third kappa shape index (κ3) is 3.07. The van der Waals surface area contributed by atoms with E-state index in [1.54, 1.807) is 25.2 Å². The van der Waals surface area contributed by atoms with Crippen LogP contribution in [0.2, 0.25) is 0 Å². The summed E-state index contributed by atoms with van der Waals surface area (Å²) in [6, 6.07) is 6.26. The number of rotatable bonds is 4. The van der Waals surface area contributed by atoms with Gasteiger partial charge in [0, 0.05) is 12.6 Å². The van der Waals surface area contributed by atoms with Gasteiger partial charge in [-0.1, -0.05) is 13.3 Å². The SMILES string of the molecule is CCC[C@@H](C#N)NC(=O)c1ccc2c(=O)n(C)c(=S)[nH]c2c1. The van der Waals surface area contributed by atoms with E-state index < -0.39 is 6.04 Å². The van der Waals surface area contributed by atoms with Gasteiger partial charge in [0.25, 0.3) is 11.5 Å². The smallest absolute Gasteiger partial charge is 0.261 e. The fourth-order valence-electron chi connectivity index (χ4n) is 2.15. The van der Waals surface area contributed by atoms with Gasteiger partial charge in [-0.2, -0.15) is 5.26 Å². The van der Waals surface area contributed by atoms with E-state index >= 15 is 0 Å². The molecule has 0 saturated heterocycles. The van der Waals surface area contributed by atoms with Crippen molar-refractivity contribution in [1.29, 1.82) is 5.26 Å². The molecule has 22 heavy (non-hydrogen) atoms. The van der Waals surface area contributed by atoms with E-state index in [1.165, 1.54) is 4.57 Å². The van der Waals surface area contributed by atoms with Crippen LogP contribution in [0.15, 0.2) is 23.0 Å². The molecule has 1 amide bonds. The number of benzene rings is 1. The third-order valence-electron chi connectivity index (χ3n) is 3.40. The molecule has 0 aliphatic carbocycles. The second-order valence-corrected chi connectivity index (χ2v) is 5.39. The van der Waals surface area contributed by atoms with Gasteiger partial charge in [-0.15, -0.1) is 0 Å². The Morgan fingerprint density at radius 1 is 1.55 bits per heavy atom. The molecule has 0 radical (unpaired) electrons. The second kappa shape index (κ2) is 6.54. The highest BCUT2D eigenvalue weighted by Crippen LogP contribution is 2.11. The summed E-state index contributed by atoms with van der Waals surface area (Å²) >= 11 is 5.06. The first-order valence-electron chi connectivity index (χ1n) is 6.91. The molecule has 0 bridgehead atoms. The zero-order valence-corrected chi connectivity index (χ0v) is 13.2. The van der Waals surface area contributed by atoms with Crippen LogP contribution >= 0.6 is 12.2 Å². The maximum atomic E-state index is 12.2. The first kappa shape index (κ1) is 15.9. The topological polar surface area (TPSA) is 90.7 Å². The van der Waals surface area contributed by atoms with Gasteiger partial charge < -0.3 is 10.3 Å². The Labute approximate surface area is 132 Å². The largest absolute Gasteiger partial charge is 0.336 e. The van der Waals surface area contributed by atoms with Crippen LogP contribution in [0.5, 0.6) is 0 Å². The van der Waals surface area contributed by atoms with Gasteiger partial charge in [-0.05, 0) is 36.8 Å². The van der Waals surface area contributed by atoms with Gasteiger partial charge in [0.2, 0.25) is 0 Å². The van der Waals surface area contributed by atoms with E-state index in [4.69, 9.17) is 17.5 Å². The van der Waals surface area contributed by atoms with Crippen molar-refractivity contribution in [3.63, 3.8) is 0 Å². The van der Waals surface area contributed by atoms with Gasteiger partial charge >= 0.3 is 0 Å². The molecular formula is C15H16N4O2S. The zero-order chi connectivity index (χ0) is 16.3. The van der Waals surface area contributed by atoms with Crippen LogP contribution in [0.1, 0.15) is 30.1 Å². The summed E-state index contributed by atoms with van der Waals surface area (Å²) in [6.07, 6.45) is 1.40. The molecule has 2 N–H and O–H groups in total. The quantitative estimate of drug-likeness (QED) is 0.844. The number of fused-ring (bicyclic) bond motifs is 1. The number of amides is 1. The van der Waals surface area contributed by atoms with Crippen molar-refractivity contribution in [3.05, 3.63) is 38.9 Å². The lowest BCUT2D eigenvalue weighted by molar-refractivity contribution is 0.0944. The van der Waals surface area contributed by atoms with Crippen LogP contribution < -0.4 is 10.9 Å². The summed E-state index contributed by atoms with van der Waals surface area (Å²) in [7, 11) is 1.59. The zero-order valence-electron chi connectivity index (χ0n) is 12.3. The number of aromatic nitrogens is 2. The molecule has 1 atom stereocenters. The maximum absolute atomic E-state index is 12.2. The number of hydrogen-bond donors (Lipinski definition) is 2. The van der Waals surface area contributed by atoms with E-state index in [9.17, 15) is 9.59 Å². The Bertz CT molecular complexity index is 876. The van der Waals surface area contributed by atoms with Gasteiger partial charge in [-0.3, -0.25) is 14.2 Å². The summed E-state index contributed by atoms with van der Waals surface area (Å²) in [5, 5.41) is 12.1. The molecule has 1 aromatic heterocycles. The van der Waals surface area contributed by atoms with E-state index in [2.05, 4.69) is 16.4 Å². The molecule has 0 fully saturated rings. The van der Waals surface area contributed by atoms with Crippen molar-refractivity contribution < 1.29 is 4.79 Å². The number of carbonyl (C=O) groups is 1. The van der Waals surface area contributed by atoms with Crippen molar-refractivity contribution in [3.8, 4) is 6.07 Å². The fourth-order valence-corrected chi connectivity index (χ4v) is 2.34. The first-order chi connectivity index (χ1) is 10.5. The number of aromatic amines is 1. The van der Waals surface area contributed by atoms with Crippen LogP contribution in [0.25, 0.3) is 10.9 Å². The predicted octanol–water partition coefficient (Wildman–Crippen LogP) is 2.02. The summed E-state index contributed by atoms with van der Waals surface area (Å²) < 4.78 is 1.63. The monoisotopic (exact) mass is 316 g/mol. The number of H-pyrrole nitrogens is 1. The number of nitrogens with zero attached hydrogens (tertiary/aromatic N) is 2. The minimum Gasteiger partial charge on any atom is -0.336 e. The highest BCUT2D eigenvalue weighted by molar-refractivity contribution is 7.71. The lowest BCUT2D eigenvalue weighted by Gasteiger charge is -2.11. The Morgan fingerprint density at radius 2 is 2.27 bits per heavy atom. The number of carbonyl (C=O) groups excluding carboxylic acids is 1. The molecule has 6 nitrogen and oxygen atoms in total. The van der Waals surface area contributed by atoms with E-state index in [0.717, 1.165) is 6.42 Å². The molecule has 0 saturated carbocycles. The summed E-state index contributed by atoms with van der Waals surface area (Å²) in [5.74, 6) is -0.345. The molecule has 1 heterocycles. The van der Waals surface area contributed by atoms with Crippen molar-refractivity contribution in [1.82, 2.24) is 14.9 Å². The average molecular weight is 316 g/mol. The molecule has 1 aromatic carbocycles. The summed E-state index contributed by atoms with van der Waals surface area (Å²) in [5.41, 5.74) is 0.666. The molecule has 0 spiro atoms. The molecule has 2 rings (SSSR count). The second-order valence-electron chi connectivity index (χ2n) is 5.00. The van der Waals surface area contributed by atoms with Crippen molar-refractivity contribution >= 4 is 29.0 Å². The lowest BCUT2D eigenvalue weighted by atomic mass is 10.1. The molecule has 0 aliphatic heterocycles. The van der Waals surface area contributed by atoms with Crippen LogP contribution in [0.4, 0.5) is 0 Å². The Balaban J connectivity index is 2.40. The molecule has 114 valence electrons. The Hall–Kier alpha value is -2.46. The Kier molecular flexibility index (Phi) is 4.73. The van der Waals surface area contributed by atoms with Gasteiger partial charge in [-0.25, -0.2) is 0 Å². The maximum Gasteiger partial charge on any atom is 0.261 e. The molecule has 0 aliphatic rings. The predicted molar refractivity (Wildman–Crippen MR) is 86.1 cm³/mol. The Morgan fingerprint density at radius 3 is 2.91 bits per heavy atom. The van der Waals surface area contributed by atoms with Crippen LogP contribution in [0.3, 0.4) is 0 Å². The highest BCUT2D eigenvalue weighted by Gasteiger charge is 2.13. The highest BCUT2D eigenvalue weighted by atomic mass is 32.1. The first-order valence-corrected chi connectivity index (χ1v) is 7.32. The van der Waals surface area contributed by atoms with Crippen molar-refractivity contribution in [2.24, 2.45) is 7.05 Å². The lowest BCUT2D eigenvalue weighted by Crippen LogP contribution is -2.33. The van der Waals surface area contributed by atoms with E-state index in [1.807, 2.05) is 6.92 Å². The van der Waals surface area contributed by atoms with Gasteiger partial charge in [0.15, 0.2) is 4.77 Å². The average Bonchev–Trinajstić information content (AvgIpc) is 2.51. The van der Waals surface area contributed by atoms with Crippen molar-refractivity contribution in [2.75, 3.05) is 0 Å². The molecule has 7 heteroatoms. The van der Waals surface area contributed by atoms with Gasteiger partial charge in [0.05, 0.1) is 17.0 Å². The number of nitrogens with one attached hydrogen (secondary N) is 2. The standard InChI is InChI=1S/C15H16N4O2S/c1-3-4-10(8-16)17-13(20)9-5-6-11-12(7-9)18-15(22)19(2)14(11)21/h5-7,10H,3-4H2,1-2H3,(H,17,20)(H,18,22)/t10-/m0/s1. The summed E-state index contributed by atoms with van der Waals surface area (Å²) in [6.45, 7) is 1.95. The van der Waals surface area contributed by atoms with Crippen LogP contribution in [-0.4, -0.2) is 21.5 Å². The minimum absolute atomic E-state index is 0.216. The minimum atomic E-state index is -0.518.